The molecular formula is C15H18N2O2S. The number of aryl methyl sites for hydroxylation is 2. The maximum Gasteiger partial charge on any atom is 0.188 e. The Balaban J connectivity index is 1.78. The van der Waals surface area contributed by atoms with Crippen molar-refractivity contribution in [2.24, 2.45) is 0 Å². The highest BCUT2D eigenvalue weighted by Crippen LogP contribution is 2.16. The van der Waals surface area contributed by atoms with Crippen molar-refractivity contribution in [3.8, 4) is 5.75 Å². The van der Waals surface area contributed by atoms with E-state index in [4.69, 9.17) is 4.74 Å². The lowest BCUT2D eigenvalue weighted by Gasteiger charge is -2.11. The number of aliphatic hydroxyl groups is 1. The molecule has 2 rings (SSSR count). The van der Waals surface area contributed by atoms with Crippen molar-refractivity contribution in [2.75, 3.05) is 12.4 Å². The van der Waals surface area contributed by atoms with Crippen molar-refractivity contribution >= 4 is 11.8 Å². The summed E-state index contributed by atoms with van der Waals surface area (Å²) in [5.41, 5.74) is 1.88. The van der Waals surface area contributed by atoms with Crippen molar-refractivity contribution in [3.05, 3.63) is 47.8 Å². The highest BCUT2D eigenvalue weighted by Gasteiger charge is 2.08. The molecule has 0 spiro atoms. The van der Waals surface area contributed by atoms with Gasteiger partial charge in [-0.05, 0) is 32.0 Å². The molecule has 0 radical (unpaired) electrons. The molecule has 2 aromatic rings. The lowest BCUT2D eigenvalue weighted by molar-refractivity contribution is 0.126. The molecule has 4 nitrogen and oxygen atoms in total. The van der Waals surface area contributed by atoms with Crippen LogP contribution in [0.15, 0.2) is 41.6 Å². The normalized spacial score (nSPS) is 12.2. The number of aliphatic hydroxyl groups excluding tert-OH is 1. The molecule has 1 aromatic heterocycles. The summed E-state index contributed by atoms with van der Waals surface area (Å²) in [6.07, 6.45) is -0.551. The van der Waals surface area contributed by atoms with Crippen molar-refractivity contribution in [2.45, 2.75) is 25.1 Å². The molecule has 0 unspecified atom stereocenters. The molecule has 5 heteroatoms. The summed E-state index contributed by atoms with van der Waals surface area (Å²) in [5, 5.41) is 10.6. The molecule has 0 amide bonds. The lowest BCUT2D eigenvalue weighted by atomic mass is 10.3. The second-order valence-corrected chi connectivity index (χ2v) is 5.51. The quantitative estimate of drug-likeness (QED) is 0.654. The third-order valence-electron chi connectivity index (χ3n) is 2.55. The van der Waals surface area contributed by atoms with Crippen LogP contribution in [0.25, 0.3) is 0 Å². The Kier molecular flexibility index (Phi) is 5.38. The Morgan fingerprint density at radius 1 is 1.15 bits per heavy atom. The minimum atomic E-state index is -0.551. The molecular weight excluding hydrogens is 272 g/mol. The first-order chi connectivity index (χ1) is 9.63. The fourth-order valence-corrected chi connectivity index (χ4v) is 2.54. The molecule has 0 aliphatic rings. The van der Waals surface area contributed by atoms with E-state index in [-0.39, 0.29) is 6.61 Å². The summed E-state index contributed by atoms with van der Waals surface area (Å²) in [6, 6.07) is 11.4. The van der Waals surface area contributed by atoms with Crippen LogP contribution >= 0.6 is 11.8 Å². The first kappa shape index (κ1) is 14.8. The van der Waals surface area contributed by atoms with E-state index in [1.165, 1.54) is 11.8 Å². The summed E-state index contributed by atoms with van der Waals surface area (Å²) in [4.78, 5) is 8.65. The van der Waals surface area contributed by atoms with E-state index in [1.807, 2.05) is 50.2 Å². The monoisotopic (exact) mass is 290 g/mol. The third kappa shape index (κ3) is 4.83. The summed E-state index contributed by atoms with van der Waals surface area (Å²) in [7, 11) is 0. The number of benzene rings is 1. The van der Waals surface area contributed by atoms with E-state index in [1.54, 1.807) is 0 Å². The van der Waals surface area contributed by atoms with Gasteiger partial charge in [0.15, 0.2) is 5.16 Å². The maximum absolute atomic E-state index is 9.91. The van der Waals surface area contributed by atoms with Gasteiger partial charge < -0.3 is 9.84 Å². The van der Waals surface area contributed by atoms with Crippen molar-refractivity contribution < 1.29 is 9.84 Å². The van der Waals surface area contributed by atoms with Crippen LogP contribution in [0.5, 0.6) is 5.75 Å². The summed E-state index contributed by atoms with van der Waals surface area (Å²) in [5.74, 6) is 1.27. The van der Waals surface area contributed by atoms with Crippen LogP contribution in [0.2, 0.25) is 0 Å². The van der Waals surface area contributed by atoms with Gasteiger partial charge in [-0.25, -0.2) is 9.97 Å². The van der Waals surface area contributed by atoms with Crippen LogP contribution in [-0.4, -0.2) is 33.5 Å². The molecule has 1 N–H and O–H groups in total. The zero-order valence-electron chi connectivity index (χ0n) is 11.6. The highest BCUT2D eigenvalue weighted by molar-refractivity contribution is 7.99. The van der Waals surface area contributed by atoms with Crippen molar-refractivity contribution in [1.29, 1.82) is 0 Å². The number of para-hydroxylation sites is 1. The maximum atomic E-state index is 9.91. The topological polar surface area (TPSA) is 55.2 Å². The molecule has 1 heterocycles. The molecule has 106 valence electrons. The number of thioether (sulfide) groups is 1. The number of hydrogen-bond acceptors (Lipinski definition) is 5. The number of hydrogen-bond donors (Lipinski definition) is 1. The smallest absolute Gasteiger partial charge is 0.188 e. The van der Waals surface area contributed by atoms with Gasteiger partial charge >= 0.3 is 0 Å². The van der Waals surface area contributed by atoms with Gasteiger partial charge in [-0.1, -0.05) is 30.0 Å². The van der Waals surface area contributed by atoms with Crippen LogP contribution in [0.1, 0.15) is 11.4 Å². The molecule has 0 aliphatic carbocycles. The minimum Gasteiger partial charge on any atom is -0.491 e. The third-order valence-corrected chi connectivity index (χ3v) is 3.54. The van der Waals surface area contributed by atoms with E-state index < -0.39 is 6.10 Å². The summed E-state index contributed by atoms with van der Waals surface area (Å²) < 4.78 is 5.50. The Bertz CT molecular complexity index is 529. The van der Waals surface area contributed by atoms with Gasteiger partial charge in [0, 0.05) is 17.1 Å². The standard InChI is InChI=1S/C15H18N2O2S/c1-11-8-12(2)17-15(16-11)20-10-13(18)9-19-14-6-4-3-5-7-14/h3-8,13,18H,9-10H2,1-2H3/t13-/m1/s1. The second kappa shape index (κ2) is 7.26. The Morgan fingerprint density at radius 3 is 2.45 bits per heavy atom. The summed E-state index contributed by atoms with van der Waals surface area (Å²) in [6.45, 7) is 4.14. The first-order valence-corrected chi connectivity index (χ1v) is 7.43. The van der Waals surface area contributed by atoms with Gasteiger partial charge in [0.2, 0.25) is 0 Å². The zero-order chi connectivity index (χ0) is 14.4. The van der Waals surface area contributed by atoms with Crippen LogP contribution in [0, 0.1) is 13.8 Å². The van der Waals surface area contributed by atoms with Gasteiger partial charge in [0.1, 0.15) is 12.4 Å². The Labute approximate surface area is 123 Å². The Morgan fingerprint density at radius 2 is 1.80 bits per heavy atom. The fraction of sp³-hybridized carbons (Fsp3) is 0.333. The molecule has 0 saturated carbocycles. The highest BCUT2D eigenvalue weighted by atomic mass is 32.2. The number of ether oxygens (including phenoxy) is 1. The predicted molar refractivity (Wildman–Crippen MR) is 80.2 cm³/mol. The number of aromatic nitrogens is 2. The van der Waals surface area contributed by atoms with Gasteiger partial charge in [0.05, 0.1) is 6.10 Å². The zero-order valence-corrected chi connectivity index (χ0v) is 12.4. The first-order valence-electron chi connectivity index (χ1n) is 6.44. The predicted octanol–water partition coefficient (Wildman–Crippen LogP) is 2.63. The molecule has 0 fully saturated rings. The molecule has 20 heavy (non-hydrogen) atoms. The fourth-order valence-electron chi connectivity index (χ4n) is 1.69. The van der Waals surface area contributed by atoms with Gasteiger partial charge in [-0.2, -0.15) is 0 Å². The number of rotatable bonds is 6. The average Bonchev–Trinajstić information content (AvgIpc) is 2.43. The number of nitrogens with zero attached hydrogens (tertiary/aromatic N) is 2. The lowest BCUT2D eigenvalue weighted by Crippen LogP contribution is -2.20. The molecule has 0 saturated heterocycles. The van der Waals surface area contributed by atoms with E-state index in [9.17, 15) is 5.11 Å². The van der Waals surface area contributed by atoms with Crippen molar-refractivity contribution in [1.82, 2.24) is 9.97 Å². The van der Waals surface area contributed by atoms with E-state index in [2.05, 4.69) is 9.97 Å². The van der Waals surface area contributed by atoms with Gasteiger partial charge in [-0.15, -0.1) is 0 Å². The SMILES string of the molecule is Cc1cc(C)nc(SC[C@H](O)COc2ccccc2)n1. The minimum absolute atomic E-state index is 0.266. The van der Waals surface area contributed by atoms with Gasteiger partial charge in [-0.3, -0.25) is 0 Å². The molecule has 0 bridgehead atoms. The van der Waals surface area contributed by atoms with Crippen LogP contribution < -0.4 is 4.74 Å². The van der Waals surface area contributed by atoms with E-state index in [0.717, 1.165) is 17.1 Å². The van der Waals surface area contributed by atoms with Crippen LogP contribution in [0.4, 0.5) is 0 Å². The van der Waals surface area contributed by atoms with Crippen molar-refractivity contribution in [3.63, 3.8) is 0 Å². The average molecular weight is 290 g/mol. The summed E-state index contributed by atoms with van der Waals surface area (Å²) >= 11 is 1.44. The second-order valence-electron chi connectivity index (χ2n) is 4.52. The molecule has 1 atom stereocenters. The van der Waals surface area contributed by atoms with Crippen LogP contribution in [-0.2, 0) is 0 Å². The van der Waals surface area contributed by atoms with E-state index in [0.29, 0.717) is 10.9 Å². The largest absolute Gasteiger partial charge is 0.491 e. The van der Waals surface area contributed by atoms with Crippen LogP contribution in [0.3, 0.4) is 0 Å². The Hall–Kier alpha value is -1.59. The molecule has 1 aromatic carbocycles. The van der Waals surface area contributed by atoms with E-state index >= 15 is 0 Å². The molecule has 0 aliphatic heterocycles. The van der Waals surface area contributed by atoms with Gasteiger partial charge in [0.25, 0.3) is 0 Å².